The van der Waals surface area contributed by atoms with Crippen LogP contribution in [-0.4, -0.2) is 46.9 Å². The van der Waals surface area contributed by atoms with E-state index in [4.69, 9.17) is 4.42 Å². The molecule has 4 rings (SSSR count). The second-order valence-corrected chi connectivity index (χ2v) is 6.99. The van der Waals surface area contributed by atoms with Gasteiger partial charge in [-0.25, -0.2) is 9.37 Å². The van der Waals surface area contributed by atoms with Gasteiger partial charge >= 0.3 is 0 Å². The van der Waals surface area contributed by atoms with E-state index in [1.54, 1.807) is 6.20 Å². The molecule has 1 fully saturated rings. The van der Waals surface area contributed by atoms with Crippen molar-refractivity contribution in [2.45, 2.75) is 13.0 Å². The van der Waals surface area contributed by atoms with Crippen molar-refractivity contribution in [3.05, 3.63) is 78.1 Å². The molecule has 6 heteroatoms. The Morgan fingerprint density at radius 1 is 1.00 bits per heavy atom. The van der Waals surface area contributed by atoms with Crippen molar-refractivity contribution in [2.75, 3.05) is 26.2 Å². The van der Waals surface area contributed by atoms with Gasteiger partial charge in [-0.05, 0) is 36.2 Å². The van der Waals surface area contributed by atoms with Gasteiger partial charge in [0.05, 0.1) is 6.20 Å². The van der Waals surface area contributed by atoms with Gasteiger partial charge in [0.25, 0.3) is 5.91 Å². The summed E-state index contributed by atoms with van der Waals surface area (Å²) < 4.78 is 18.4. The standard InChI is InChI=1S/C22H22FN3O2/c23-20-8-2-17(3-9-20)15-25-10-1-11-26(13-12-25)22(27)19-6-4-18(5-7-19)21-14-24-16-28-21/h2-9,14,16H,1,10-13,15H2. The monoisotopic (exact) mass is 379 g/mol. The first-order valence-electron chi connectivity index (χ1n) is 9.44. The zero-order chi connectivity index (χ0) is 19.3. The fourth-order valence-electron chi connectivity index (χ4n) is 3.50. The van der Waals surface area contributed by atoms with Crippen molar-refractivity contribution in [2.24, 2.45) is 0 Å². The van der Waals surface area contributed by atoms with Gasteiger partial charge in [0.1, 0.15) is 5.82 Å². The summed E-state index contributed by atoms with van der Waals surface area (Å²) in [5.74, 6) is 0.517. The Morgan fingerprint density at radius 3 is 2.50 bits per heavy atom. The summed E-state index contributed by atoms with van der Waals surface area (Å²) in [6, 6.07) is 14.1. The highest BCUT2D eigenvalue weighted by molar-refractivity contribution is 5.94. The molecule has 0 saturated carbocycles. The normalized spacial score (nSPS) is 15.4. The van der Waals surface area contributed by atoms with E-state index in [9.17, 15) is 9.18 Å². The second-order valence-electron chi connectivity index (χ2n) is 6.99. The van der Waals surface area contributed by atoms with Crippen LogP contribution in [0.5, 0.6) is 0 Å². The summed E-state index contributed by atoms with van der Waals surface area (Å²) in [6.07, 6.45) is 3.97. The molecular formula is C22H22FN3O2. The highest BCUT2D eigenvalue weighted by Gasteiger charge is 2.20. The number of carbonyl (C=O) groups is 1. The Bertz CT molecular complexity index is 908. The molecule has 0 unspecified atom stereocenters. The second kappa shape index (κ2) is 8.35. The molecule has 0 spiro atoms. The molecule has 5 nitrogen and oxygen atoms in total. The minimum Gasteiger partial charge on any atom is -0.444 e. The molecule has 1 aromatic heterocycles. The number of carbonyl (C=O) groups excluding carboxylic acids is 1. The van der Waals surface area contributed by atoms with Crippen LogP contribution in [-0.2, 0) is 6.54 Å². The van der Waals surface area contributed by atoms with Crippen LogP contribution in [0.2, 0.25) is 0 Å². The first kappa shape index (κ1) is 18.4. The van der Waals surface area contributed by atoms with Gasteiger partial charge in [0.15, 0.2) is 12.2 Å². The van der Waals surface area contributed by atoms with E-state index in [0.717, 1.165) is 43.7 Å². The first-order chi connectivity index (χ1) is 13.7. The van der Waals surface area contributed by atoms with Gasteiger partial charge in [0, 0.05) is 43.9 Å². The van der Waals surface area contributed by atoms with Crippen LogP contribution in [0.25, 0.3) is 11.3 Å². The van der Waals surface area contributed by atoms with E-state index in [1.165, 1.54) is 18.5 Å². The number of rotatable bonds is 4. The minimum atomic E-state index is -0.217. The highest BCUT2D eigenvalue weighted by Crippen LogP contribution is 2.20. The van der Waals surface area contributed by atoms with Crippen molar-refractivity contribution in [1.29, 1.82) is 0 Å². The third-order valence-corrected chi connectivity index (χ3v) is 5.04. The third-order valence-electron chi connectivity index (χ3n) is 5.04. The van der Waals surface area contributed by atoms with Gasteiger partial charge in [-0.15, -0.1) is 0 Å². The average Bonchev–Trinajstić information content (AvgIpc) is 3.16. The molecule has 28 heavy (non-hydrogen) atoms. The lowest BCUT2D eigenvalue weighted by atomic mass is 10.1. The van der Waals surface area contributed by atoms with Gasteiger partial charge in [-0.2, -0.15) is 0 Å². The number of hydrogen-bond acceptors (Lipinski definition) is 4. The van der Waals surface area contributed by atoms with Gasteiger partial charge < -0.3 is 9.32 Å². The maximum absolute atomic E-state index is 13.1. The van der Waals surface area contributed by atoms with Crippen molar-refractivity contribution in [1.82, 2.24) is 14.8 Å². The van der Waals surface area contributed by atoms with Crippen LogP contribution in [0.15, 0.2) is 65.5 Å². The van der Waals surface area contributed by atoms with Gasteiger partial charge in [-0.1, -0.05) is 24.3 Å². The van der Waals surface area contributed by atoms with Crippen molar-refractivity contribution >= 4 is 5.91 Å². The Hall–Kier alpha value is -2.99. The summed E-state index contributed by atoms with van der Waals surface area (Å²) in [5, 5.41) is 0. The van der Waals surface area contributed by atoms with E-state index in [2.05, 4.69) is 9.88 Å². The van der Waals surface area contributed by atoms with Gasteiger partial charge in [0.2, 0.25) is 0 Å². The maximum atomic E-state index is 13.1. The zero-order valence-corrected chi connectivity index (χ0v) is 15.6. The van der Waals surface area contributed by atoms with Crippen LogP contribution >= 0.6 is 0 Å². The largest absolute Gasteiger partial charge is 0.444 e. The molecule has 1 aliphatic heterocycles. The highest BCUT2D eigenvalue weighted by atomic mass is 19.1. The van der Waals surface area contributed by atoms with Crippen molar-refractivity contribution in [3.63, 3.8) is 0 Å². The quantitative estimate of drug-likeness (QED) is 0.691. The molecule has 1 amide bonds. The Labute approximate surface area is 163 Å². The smallest absolute Gasteiger partial charge is 0.253 e. The molecule has 0 atom stereocenters. The lowest BCUT2D eigenvalue weighted by Gasteiger charge is -2.22. The lowest BCUT2D eigenvalue weighted by molar-refractivity contribution is 0.0761. The van der Waals surface area contributed by atoms with Crippen LogP contribution in [0.3, 0.4) is 0 Å². The number of oxazole rings is 1. The molecule has 2 heterocycles. The van der Waals surface area contributed by atoms with E-state index in [1.807, 2.05) is 41.3 Å². The van der Waals surface area contributed by atoms with E-state index >= 15 is 0 Å². The van der Waals surface area contributed by atoms with Crippen LogP contribution in [0, 0.1) is 5.82 Å². The number of benzene rings is 2. The SMILES string of the molecule is O=C(c1ccc(-c2cnco2)cc1)N1CCCN(Cc2ccc(F)cc2)CC1. The minimum absolute atomic E-state index is 0.0488. The Morgan fingerprint density at radius 2 is 1.79 bits per heavy atom. The van der Waals surface area contributed by atoms with Crippen LogP contribution in [0.4, 0.5) is 4.39 Å². The summed E-state index contributed by atoms with van der Waals surface area (Å²) in [5.41, 5.74) is 2.66. The molecule has 0 aliphatic carbocycles. The molecule has 0 radical (unpaired) electrons. The predicted molar refractivity (Wildman–Crippen MR) is 104 cm³/mol. The van der Waals surface area contributed by atoms with Crippen LogP contribution < -0.4 is 0 Å². The first-order valence-corrected chi connectivity index (χ1v) is 9.44. The fourth-order valence-corrected chi connectivity index (χ4v) is 3.50. The summed E-state index contributed by atoms with van der Waals surface area (Å²) >= 11 is 0. The molecule has 0 bridgehead atoms. The number of nitrogens with zero attached hydrogens (tertiary/aromatic N) is 3. The number of hydrogen-bond donors (Lipinski definition) is 0. The maximum Gasteiger partial charge on any atom is 0.253 e. The van der Waals surface area contributed by atoms with Gasteiger partial charge in [-0.3, -0.25) is 9.69 Å². The molecular weight excluding hydrogens is 357 g/mol. The molecule has 1 saturated heterocycles. The molecule has 0 N–H and O–H groups in total. The third kappa shape index (κ3) is 4.28. The van der Waals surface area contributed by atoms with Crippen molar-refractivity contribution < 1.29 is 13.6 Å². The van der Waals surface area contributed by atoms with E-state index in [0.29, 0.717) is 17.9 Å². The summed E-state index contributed by atoms with van der Waals surface area (Å²) in [4.78, 5) is 21.0. The lowest BCUT2D eigenvalue weighted by Crippen LogP contribution is -2.35. The number of aromatic nitrogens is 1. The molecule has 1 aliphatic rings. The number of halogens is 1. The molecule has 3 aromatic rings. The fraction of sp³-hybridized carbons (Fsp3) is 0.273. The zero-order valence-electron chi connectivity index (χ0n) is 15.6. The predicted octanol–water partition coefficient (Wildman–Crippen LogP) is 3.83. The number of amides is 1. The Balaban J connectivity index is 1.37. The topological polar surface area (TPSA) is 49.6 Å². The van der Waals surface area contributed by atoms with Crippen molar-refractivity contribution in [3.8, 4) is 11.3 Å². The molecule has 144 valence electrons. The van der Waals surface area contributed by atoms with E-state index < -0.39 is 0 Å². The molecule has 2 aromatic carbocycles. The summed E-state index contributed by atoms with van der Waals surface area (Å²) in [7, 11) is 0. The average molecular weight is 379 g/mol. The Kier molecular flexibility index (Phi) is 5.48. The van der Waals surface area contributed by atoms with E-state index in [-0.39, 0.29) is 11.7 Å². The van der Waals surface area contributed by atoms with Crippen LogP contribution in [0.1, 0.15) is 22.3 Å². The summed E-state index contributed by atoms with van der Waals surface area (Å²) in [6.45, 7) is 3.92.